The van der Waals surface area contributed by atoms with Crippen molar-refractivity contribution in [3.8, 4) is 0 Å². The van der Waals surface area contributed by atoms with Gasteiger partial charge in [0.05, 0.1) is 0 Å². The molecule has 1 aliphatic carbocycles. The fraction of sp³-hybridized carbons (Fsp3) is 0.625. The lowest BCUT2D eigenvalue weighted by atomic mass is 9.64. The second kappa shape index (κ2) is 5.67. The second-order valence-corrected chi connectivity index (χ2v) is 7.59. The molecule has 0 radical (unpaired) electrons. The Kier molecular flexibility index (Phi) is 4.11. The topological polar surface area (TPSA) is 26.0 Å². The molecular formula is C16H22ClNS. The average Bonchev–Trinajstić information content (AvgIpc) is 2.39. The van der Waals surface area contributed by atoms with Crippen LogP contribution in [0.25, 0.3) is 0 Å². The van der Waals surface area contributed by atoms with Crippen molar-refractivity contribution in [2.75, 3.05) is 18.1 Å². The summed E-state index contributed by atoms with van der Waals surface area (Å²) in [6.45, 7) is 0.753. The summed E-state index contributed by atoms with van der Waals surface area (Å²) in [6.07, 6.45) is 6.28. The van der Waals surface area contributed by atoms with Gasteiger partial charge in [-0.25, -0.2) is 0 Å². The molecule has 1 aromatic rings. The Labute approximate surface area is 125 Å². The summed E-state index contributed by atoms with van der Waals surface area (Å²) < 4.78 is 0. The Morgan fingerprint density at radius 2 is 2.00 bits per heavy atom. The molecule has 2 N–H and O–H groups in total. The summed E-state index contributed by atoms with van der Waals surface area (Å²) >= 11 is 8.62. The smallest absolute Gasteiger partial charge is 0.0443 e. The molecule has 104 valence electrons. The van der Waals surface area contributed by atoms with Gasteiger partial charge in [-0.15, -0.1) is 0 Å². The van der Waals surface area contributed by atoms with Gasteiger partial charge in [0.25, 0.3) is 0 Å². The molecule has 1 aromatic carbocycles. The minimum absolute atomic E-state index is 0.227. The summed E-state index contributed by atoms with van der Waals surface area (Å²) in [4.78, 5) is 0. The van der Waals surface area contributed by atoms with E-state index in [-0.39, 0.29) is 5.41 Å². The SMILES string of the molecule is NCC1(c2ccc(C3CCSCC3)c(Cl)c2)CCC1. The highest BCUT2D eigenvalue weighted by atomic mass is 35.5. The van der Waals surface area contributed by atoms with Crippen LogP contribution in [0.3, 0.4) is 0 Å². The predicted octanol–water partition coefficient (Wildman–Crippen LogP) is 4.33. The lowest BCUT2D eigenvalue weighted by molar-refractivity contribution is 0.253. The summed E-state index contributed by atoms with van der Waals surface area (Å²) in [5.74, 6) is 3.21. The van der Waals surface area contributed by atoms with Gasteiger partial charge in [0.1, 0.15) is 0 Å². The number of benzene rings is 1. The van der Waals surface area contributed by atoms with Gasteiger partial charge in [0, 0.05) is 17.0 Å². The van der Waals surface area contributed by atoms with Crippen LogP contribution >= 0.6 is 23.4 Å². The largest absolute Gasteiger partial charge is 0.330 e. The summed E-state index contributed by atoms with van der Waals surface area (Å²) in [7, 11) is 0. The van der Waals surface area contributed by atoms with E-state index in [1.165, 1.54) is 54.7 Å². The van der Waals surface area contributed by atoms with Crippen molar-refractivity contribution in [3.05, 3.63) is 34.3 Å². The van der Waals surface area contributed by atoms with E-state index < -0.39 is 0 Å². The highest BCUT2D eigenvalue weighted by Crippen LogP contribution is 2.45. The van der Waals surface area contributed by atoms with E-state index in [4.69, 9.17) is 17.3 Å². The summed E-state index contributed by atoms with van der Waals surface area (Å²) in [5.41, 5.74) is 8.93. The van der Waals surface area contributed by atoms with Gasteiger partial charge in [0.2, 0.25) is 0 Å². The average molecular weight is 296 g/mol. The van der Waals surface area contributed by atoms with Crippen LogP contribution in [0.15, 0.2) is 18.2 Å². The number of halogens is 1. The fourth-order valence-corrected chi connectivity index (χ4v) is 4.85. The fourth-order valence-electron chi connectivity index (χ4n) is 3.41. The lowest BCUT2D eigenvalue weighted by Crippen LogP contribution is -2.41. The van der Waals surface area contributed by atoms with Crippen molar-refractivity contribution in [2.24, 2.45) is 5.73 Å². The number of hydrogen-bond donors (Lipinski definition) is 1. The van der Waals surface area contributed by atoms with Crippen LogP contribution in [0.5, 0.6) is 0 Å². The first-order valence-electron chi connectivity index (χ1n) is 7.33. The maximum Gasteiger partial charge on any atom is 0.0443 e. The zero-order chi connectivity index (χ0) is 13.3. The summed E-state index contributed by atoms with van der Waals surface area (Å²) in [5, 5.41) is 0.967. The van der Waals surface area contributed by atoms with E-state index in [1.807, 2.05) is 0 Å². The Balaban J connectivity index is 1.85. The van der Waals surface area contributed by atoms with Crippen molar-refractivity contribution in [3.63, 3.8) is 0 Å². The highest BCUT2D eigenvalue weighted by Gasteiger charge is 2.37. The number of rotatable bonds is 3. The Morgan fingerprint density at radius 1 is 1.26 bits per heavy atom. The first-order valence-corrected chi connectivity index (χ1v) is 8.86. The molecule has 1 heterocycles. The van der Waals surface area contributed by atoms with Gasteiger partial charge >= 0.3 is 0 Å². The molecule has 0 spiro atoms. The Hall–Kier alpha value is -0.180. The molecule has 2 aliphatic rings. The van der Waals surface area contributed by atoms with Gasteiger partial charge in [-0.3, -0.25) is 0 Å². The number of thioether (sulfide) groups is 1. The van der Waals surface area contributed by atoms with Crippen molar-refractivity contribution >= 4 is 23.4 Å². The van der Waals surface area contributed by atoms with E-state index in [9.17, 15) is 0 Å². The minimum Gasteiger partial charge on any atom is -0.330 e. The highest BCUT2D eigenvalue weighted by molar-refractivity contribution is 7.99. The molecule has 1 saturated carbocycles. The van der Waals surface area contributed by atoms with E-state index in [0.717, 1.165) is 11.6 Å². The molecule has 2 fully saturated rings. The minimum atomic E-state index is 0.227. The molecule has 1 saturated heterocycles. The molecule has 3 heteroatoms. The van der Waals surface area contributed by atoms with Crippen LogP contribution < -0.4 is 5.73 Å². The number of hydrogen-bond acceptors (Lipinski definition) is 2. The molecule has 0 atom stereocenters. The molecule has 0 amide bonds. The van der Waals surface area contributed by atoms with E-state index in [0.29, 0.717) is 5.92 Å². The van der Waals surface area contributed by atoms with E-state index in [1.54, 1.807) is 0 Å². The molecule has 0 unspecified atom stereocenters. The quantitative estimate of drug-likeness (QED) is 0.898. The maximum atomic E-state index is 6.56. The van der Waals surface area contributed by atoms with Crippen LogP contribution in [0.1, 0.15) is 49.1 Å². The molecular weight excluding hydrogens is 274 g/mol. The van der Waals surface area contributed by atoms with Crippen molar-refractivity contribution < 1.29 is 0 Å². The molecule has 0 aromatic heterocycles. The third kappa shape index (κ3) is 2.55. The van der Waals surface area contributed by atoms with Gasteiger partial charge in [-0.1, -0.05) is 30.2 Å². The van der Waals surface area contributed by atoms with Gasteiger partial charge in [-0.2, -0.15) is 11.8 Å². The van der Waals surface area contributed by atoms with Crippen LogP contribution in [0.2, 0.25) is 5.02 Å². The van der Waals surface area contributed by atoms with Gasteiger partial charge in [0.15, 0.2) is 0 Å². The first kappa shape index (κ1) is 13.8. The zero-order valence-electron chi connectivity index (χ0n) is 11.3. The monoisotopic (exact) mass is 295 g/mol. The van der Waals surface area contributed by atoms with Crippen LogP contribution in [-0.4, -0.2) is 18.1 Å². The van der Waals surface area contributed by atoms with Gasteiger partial charge < -0.3 is 5.73 Å². The Morgan fingerprint density at radius 3 is 2.53 bits per heavy atom. The summed E-state index contributed by atoms with van der Waals surface area (Å²) in [6, 6.07) is 6.76. The van der Waals surface area contributed by atoms with Gasteiger partial charge in [-0.05, 0) is 60.3 Å². The molecule has 1 nitrogen and oxygen atoms in total. The predicted molar refractivity (Wildman–Crippen MR) is 85.3 cm³/mol. The van der Waals surface area contributed by atoms with E-state index in [2.05, 4.69) is 30.0 Å². The van der Waals surface area contributed by atoms with E-state index >= 15 is 0 Å². The first-order chi connectivity index (χ1) is 9.25. The lowest BCUT2D eigenvalue weighted by Gasteiger charge is -2.42. The Bertz CT molecular complexity index is 445. The van der Waals surface area contributed by atoms with Crippen LogP contribution in [0, 0.1) is 0 Å². The maximum absolute atomic E-state index is 6.56. The molecule has 19 heavy (non-hydrogen) atoms. The van der Waals surface area contributed by atoms with Crippen LogP contribution in [0.4, 0.5) is 0 Å². The standard InChI is InChI=1S/C16H22ClNS/c17-15-10-13(16(11-18)6-1-7-16)2-3-14(15)12-4-8-19-9-5-12/h2-3,10,12H,1,4-9,11,18H2. The third-order valence-corrected chi connectivity index (χ3v) is 6.35. The molecule has 0 bridgehead atoms. The molecule has 1 aliphatic heterocycles. The zero-order valence-corrected chi connectivity index (χ0v) is 12.9. The van der Waals surface area contributed by atoms with Crippen molar-refractivity contribution in [1.29, 1.82) is 0 Å². The van der Waals surface area contributed by atoms with Crippen molar-refractivity contribution in [1.82, 2.24) is 0 Å². The second-order valence-electron chi connectivity index (χ2n) is 5.96. The number of nitrogens with two attached hydrogens (primary N) is 1. The van der Waals surface area contributed by atoms with Crippen molar-refractivity contribution in [2.45, 2.75) is 43.4 Å². The molecule has 3 rings (SSSR count). The third-order valence-electron chi connectivity index (χ3n) is 4.98. The van der Waals surface area contributed by atoms with Crippen LogP contribution in [-0.2, 0) is 5.41 Å². The normalized spacial score (nSPS) is 23.1.